The molecule has 1 N–H and O–H groups in total. The Morgan fingerprint density at radius 1 is 1.07 bits per heavy atom. The van der Waals surface area contributed by atoms with Gasteiger partial charge in [0, 0.05) is 22.6 Å². The second-order valence-corrected chi connectivity index (χ2v) is 9.25. The minimum absolute atomic E-state index is 0.0604. The van der Waals surface area contributed by atoms with Crippen molar-refractivity contribution in [1.29, 1.82) is 0 Å². The van der Waals surface area contributed by atoms with Gasteiger partial charge in [0.15, 0.2) is 5.58 Å². The van der Waals surface area contributed by atoms with Gasteiger partial charge in [0.1, 0.15) is 22.8 Å². The number of fused-ring (bicyclic) bond motifs is 1. The van der Waals surface area contributed by atoms with Crippen LogP contribution >= 0.6 is 0 Å². The van der Waals surface area contributed by atoms with Crippen LogP contribution in [-0.2, 0) is 4.74 Å². The molecule has 0 aliphatic carbocycles. The SMILES string of the molecule is COc1ccc2nc(-c3cc(O)cc(C4=C(C(C)(C)C)C(C)(C)CO4)c3)oc2c1. The van der Waals surface area contributed by atoms with Crippen molar-refractivity contribution in [2.45, 2.75) is 34.6 Å². The Hall–Kier alpha value is -2.95. The second-order valence-electron chi connectivity index (χ2n) is 9.25. The Bertz CT molecular complexity index is 1120. The number of aromatic hydroxyl groups is 1. The monoisotopic (exact) mass is 393 g/mol. The number of nitrogens with zero attached hydrogens (tertiary/aromatic N) is 1. The van der Waals surface area contributed by atoms with Crippen LogP contribution in [0.25, 0.3) is 28.3 Å². The third-order valence-corrected chi connectivity index (χ3v) is 5.25. The smallest absolute Gasteiger partial charge is 0.227 e. The molecule has 2 heterocycles. The van der Waals surface area contributed by atoms with Crippen molar-refractivity contribution in [3.8, 4) is 23.0 Å². The molecule has 0 atom stereocenters. The summed E-state index contributed by atoms with van der Waals surface area (Å²) >= 11 is 0. The minimum Gasteiger partial charge on any atom is -0.508 e. The number of hydrogen-bond donors (Lipinski definition) is 1. The van der Waals surface area contributed by atoms with E-state index in [0.29, 0.717) is 29.4 Å². The number of rotatable bonds is 3. The number of oxazole rings is 1. The van der Waals surface area contributed by atoms with Crippen LogP contribution in [0.2, 0.25) is 0 Å². The molecule has 1 aliphatic rings. The molecule has 5 nitrogen and oxygen atoms in total. The fraction of sp³-hybridized carbons (Fsp3) is 0.375. The van der Waals surface area contributed by atoms with Crippen molar-refractivity contribution in [2.24, 2.45) is 10.8 Å². The fourth-order valence-electron chi connectivity index (χ4n) is 4.31. The van der Waals surface area contributed by atoms with Gasteiger partial charge >= 0.3 is 0 Å². The van der Waals surface area contributed by atoms with E-state index in [1.54, 1.807) is 25.3 Å². The van der Waals surface area contributed by atoms with Crippen molar-refractivity contribution >= 4 is 16.9 Å². The lowest BCUT2D eigenvalue weighted by Gasteiger charge is -2.30. The van der Waals surface area contributed by atoms with Crippen molar-refractivity contribution in [3.05, 3.63) is 47.5 Å². The molecule has 5 heteroatoms. The summed E-state index contributed by atoms with van der Waals surface area (Å²) in [6, 6.07) is 10.9. The molecule has 0 radical (unpaired) electrons. The van der Waals surface area contributed by atoms with Crippen LogP contribution in [0.15, 0.2) is 46.4 Å². The summed E-state index contributed by atoms with van der Waals surface area (Å²) in [4.78, 5) is 4.57. The average molecular weight is 393 g/mol. The van der Waals surface area contributed by atoms with E-state index in [1.165, 1.54) is 5.57 Å². The van der Waals surface area contributed by atoms with E-state index in [4.69, 9.17) is 13.9 Å². The van der Waals surface area contributed by atoms with Crippen LogP contribution in [0.1, 0.15) is 40.2 Å². The van der Waals surface area contributed by atoms with Crippen molar-refractivity contribution < 1.29 is 19.0 Å². The first-order valence-electron chi connectivity index (χ1n) is 9.76. The van der Waals surface area contributed by atoms with E-state index in [1.807, 2.05) is 18.2 Å². The Balaban J connectivity index is 1.85. The third kappa shape index (κ3) is 3.46. The highest BCUT2D eigenvalue weighted by atomic mass is 16.5. The zero-order valence-electron chi connectivity index (χ0n) is 17.8. The molecule has 3 aromatic rings. The molecule has 1 aromatic heterocycles. The van der Waals surface area contributed by atoms with Gasteiger partial charge in [-0.3, -0.25) is 0 Å². The van der Waals surface area contributed by atoms with Crippen molar-refractivity contribution in [3.63, 3.8) is 0 Å². The molecule has 0 saturated heterocycles. The van der Waals surface area contributed by atoms with Crippen LogP contribution in [-0.4, -0.2) is 23.8 Å². The van der Waals surface area contributed by atoms with Crippen molar-refractivity contribution in [2.75, 3.05) is 13.7 Å². The summed E-state index contributed by atoms with van der Waals surface area (Å²) < 4.78 is 17.3. The summed E-state index contributed by atoms with van der Waals surface area (Å²) in [5.74, 6) is 2.13. The number of benzene rings is 2. The number of ether oxygens (including phenoxy) is 2. The predicted octanol–water partition coefficient (Wildman–Crippen LogP) is 6.02. The molecule has 2 aromatic carbocycles. The minimum atomic E-state index is -0.0760. The van der Waals surface area contributed by atoms with Gasteiger partial charge in [-0.05, 0) is 41.3 Å². The molecule has 0 amide bonds. The largest absolute Gasteiger partial charge is 0.508 e. The van der Waals surface area contributed by atoms with Gasteiger partial charge in [-0.2, -0.15) is 0 Å². The molecular formula is C24H27NO4. The van der Waals surface area contributed by atoms with Crippen LogP contribution < -0.4 is 4.74 Å². The molecule has 4 rings (SSSR count). The summed E-state index contributed by atoms with van der Waals surface area (Å²) in [7, 11) is 1.61. The van der Waals surface area contributed by atoms with Gasteiger partial charge < -0.3 is 19.0 Å². The number of aromatic nitrogens is 1. The maximum absolute atomic E-state index is 10.4. The first kappa shape index (κ1) is 19.4. The highest BCUT2D eigenvalue weighted by Gasteiger charge is 2.41. The molecule has 0 unspecified atom stereocenters. The summed E-state index contributed by atoms with van der Waals surface area (Å²) in [6.07, 6.45) is 0. The first-order chi connectivity index (χ1) is 13.6. The van der Waals surface area contributed by atoms with Gasteiger partial charge in [-0.15, -0.1) is 0 Å². The first-order valence-corrected chi connectivity index (χ1v) is 9.76. The van der Waals surface area contributed by atoms with E-state index in [2.05, 4.69) is 39.6 Å². The Kier molecular flexibility index (Phi) is 4.37. The zero-order valence-corrected chi connectivity index (χ0v) is 17.8. The van der Waals surface area contributed by atoms with Crippen LogP contribution in [0.3, 0.4) is 0 Å². The fourth-order valence-corrected chi connectivity index (χ4v) is 4.31. The van der Waals surface area contributed by atoms with Crippen molar-refractivity contribution in [1.82, 2.24) is 4.98 Å². The summed E-state index contributed by atoms with van der Waals surface area (Å²) in [5, 5.41) is 10.4. The lowest BCUT2D eigenvalue weighted by Crippen LogP contribution is -2.24. The second kappa shape index (κ2) is 6.55. The molecule has 1 aliphatic heterocycles. The number of phenols is 1. The third-order valence-electron chi connectivity index (χ3n) is 5.25. The standard InChI is InChI=1S/C24H27NO4/c1-23(2,3)21-20(28-13-24(21,4)5)14-9-15(11-16(26)10-14)22-25-18-8-7-17(27-6)12-19(18)29-22/h7-12,26H,13H2,1-6H3. The topological polar surface area (TPSA) is 64.7 Å². The quantitative estimate of drug-likeness (QED) is 0.589. The maximum Gasteiger partial charge on any atom is 0.227 e. The van der Waals surface area contributed by atoms with E-state index in [0.717, 1.165) is 16.8 Å². The normalized spacial score (nSPS) is 16.3. The molecular weight excluding hydrogens is 366 g/mol. The van der Waals surface area contributed by atoms with Crippen LogP contribution in [0.5, 0.6) is 11.5 Å². The molecule has 29 heavy (non-hydrogen) atoms. The van der Waals surface area contributed by atoms with Gasteiger partial charge in [0.25, 0.3) is 0 Å². The van der Waals surface area contributed by atoms with Gasteiger partial charge in [0.2, 0.25) is 5.89 Å². The number of hydrogen-bond acceptors (Lipinski definition) is 5. The number of methoxy groups -OCH3 is 1. The Morgan fingerprint density at radius 3 is 2.48 bits per heavy atom. The van der Waals surface area contributed by atoms with E-state index < -0.39 is 0 Å². The van der Waals surface area contributed by atoms with E-state index >= 15 is 0 Å². The Labute approximate surface area is 171 Å². The van der Waals surface area contributed by atoms with Crippen LogP contribution in [0, 0.1) is 10.8 Å². The highest BCUT2D eigenvalue weighted by Crippen LogP contribution is 2.50. The Morgan fingerprint density at radius 2 is 1.79 bits per heavy atom. The molecule has 0 spiro atoms. The van der Waals surface area contributed by atoms with Gasteiger partial charge in [-0.25, -0.2) is 4.98 Å². The number of phenolic OH excluding ortho intramolecular Hbond substituents is 1. The summed E-state index contributed by atoms with van der Waals surface area (Å²) in [5.41, 5.74) is 4.00. The zero-order chi connectivity index (χ0) is 21.0. The average Bonchev–Trinajstić information content (AvgIpc) is 3.20. The molecule has 0 saturated carbocycles. The molecule has 0 fully saturated rings. The molecule has 0 bridgehead atoms. The maximum atomic E-state index is 10.4. The summed E-state index contributed by atoms with van der Waals surface area (Å²) in [6.45, 7) is 11.6. The van der Waals surface area contributed by atoms with E-state index in [9.17, 15) is 5.11 Å². The molecule has 152 valence electrons. The van der Waals surface area contributed by atoms with Gasteiger partial charge in [0.05, 0.1) is 13.7 Å². The van der Waals surface area contributed by atoms with E-state index in [-0.39, 0.29) is 16.6 Å². The lowest BCUT2D eigenvalue weighted by atomic mass is 9.71. The highest BCUT2D eigenvalue weighted by molar-refractivity contribution is 5.79. The van der Waals surface area contributed by atoms with Crippen LogP contribution in [0.4, 0.5) is 0 Å². The predicted molar refractivity (Wildman–Crippen MR) is 114 cm³/mol. The van der Waals surface area contributed by atoms with Gasteiger partial charge in [-0.1, -0.05) is 34.6 Å². The lowest BCUT2D eigenvalue weighted by molar-refractivity contribution is 0.213.